The standard InChI is InChI=1S/C75H142O17P2/c1-6-9-12-15-17-19-21-23-25-29-32-36-40-44-49-54-59-73(78)86-65-71(92-75(80)61-56-51-46-42-38-34-30-26-28-31-35-39-43-48-52-57-68(4)5)67-90-94(83,84)88-63-69(76)62-87-93(81,82)89-66-70(64-85-72(77)58-53-47-14-11-8-3)91-74(79)60-55-50-45-41-37-33-27-24-22-20-18-16-13-10-7-2/h20,22,24,27,68-71,76H,6-19,21,23,25-26,28-67H2,1-5H3,(H,81,82)(H,83,84)/b22-20-,27-24-/t69-,70+,71+/m0/s1. The Balaban J connectivity index is 5.17. The quantitative estimate of drug-likeness (QED) is 0.0169. The Morgan fingerprint density at radius 1 is 0.330 bits per heavy atom. The van der Waals surface area contributed by atoms with Gasteiger partial charge in [-0.3, -0.25) is 37.3 Å². The normalized spacial score (nSPS) is 14.1. The monoisotopic (exact) mass is 1380 g/mol. The lowest BCUT2D eigenvalue weighted by Crippen LogP contribution is -2.30. The van der Waals surface area contributed by atoms with Gasteiger partial charge in [-0.2, -0.15) is 0 Å². The van der Waals surface area contributed by atoms with Crippen molar-refractivity contribution in [2.24, 2.45) is 5.92 Å². The summed E-state index contributed by atoms with van der Waals surface area (Å²) in [5, 5.41) is 10.6. The number of ether oxygens (including phenoxy) is 4. The average molecular weight is 1380 g/mol. The van der Waals surface area contributed by atoms with Crippen molar-refractivity contribution < 1.29 is 80.2 Å². The molecule has 0 aliphatic heterocycles. The topological polar surface area (TPSA) is 237 Å². The summed E-state index contributed by atoms with van der Waals surface area (Å²) in [5.74, 6) is -1.36. The van der Waals surface area contributed by atoms with E-state index in [-0.39, 0.29) is 25.7 Å². The van der Waals surface area contributed by atoms with Crippen molar-refractivity contribution in [3.63, 3.8) is 0 Å². The Morgan fingerprint density at radius 2 is 0.574 bits per heavy atom. The molecule has 0 fully saturated rings. The number of unbranched alkanes of at least 4 members (excludes halogenated alkanes) is 42. The van der Waals surface area contributed by atoms with E-state index in [0.717, 1.165) is 115 Å². The first kappa shape index (κ1) is 91.5. The third kappa shape index (κ3) is 68.1. The van der Waals surface area contributed by atoms with Gasteiger partial charge in [0.2, 0.25) is 0 Å². The molecule has 0 aromatic heterocycles. The number of hydrogen-bond acceptors (Lipinski definition) is 15. The fourth-order valence-electron chi connectivity index (χ4n) is 11.0. The van der Waals surface area contributed by atoms with E-state index in [1.165, 1.54) is 173 Å². The van der Waals surface area contributed by atoms with Crippen LogP contribution in [0.25, 0.3) is 0 Å². The van der Waals surface area contributed by atoms with Crippen LogP contribution in [0.4, 0.5) is 0 Å². The fourth-order valence-corrected chi connectivity index (χ4v) is 12.6. The second kappa shape index (κ2) is 67.7. The zero-order valence-electron chi connectivity index (χ0n) is 60.6. The molecular weight excluding hydrogens is 1230 g/mol. The predicted octanol–water partition coefficient (Wildman–Crippen LogP) is 21.6. The van der Waals surface area contributed by atoms with Crippen molar-refractivity contribution in [3.05, 3.63) is 24.3 Å². The molecule has 0 aliphatic carbocycles. The third-order valence-corrected chi connectivity index (χ3v) is 18.8. The number of esters is 4. The summed E-state index contributed by atoms with van der Waals surface area (Å²) >= 11 is 0. The number of aliphatic hydroxyl groups excluding tert-OH is 1. The van der Waals surface area contributed by atoms with Gasteiger partial charge in [0.05, 0.1) is 26.4 Å². The van der Waals surface area contributed by atoms with Crippen LogP contribution >= 0.6 is 15.6 Å². The van der Waals surface area contributed by atoms with E-state index in [9.17, 15) is 43.2 Å². The summed E-state index contributed by atoms with van der Waals surface area (Å²) in [5.41, 5.74) is 0. The molecule has 17 nitrogen and oxygen atoms in total. The van der Waals surface area contributed by atoms with E-state index in [2.05, 4.69) is 58.9 Å². The minimum atomic E-state index is -4.96. The maximum absolute atomic E-state index is 13.1. The number of rotatable bonds is 73. The summed E-state index contributed by atoms with van der Waals surface area (Å²) in [6, 6.07) is 0. The second-order valence-electron chi connectivity index (χ2n) is 26.8. The molecule has 0 aliphatic rings. The lowest BCUT2D eigenvalue weighted by atomic mass is 10.0. The molecule has 19 heteroatoms. The summed E-state index contributed by atoms with van der Waals surface area (Å²) in [7, 11) is -9.91. The van der Waals surface area contributed by atoms with Crippen LogP contribution in [-0.2, 0) is 65.4 Å². The Morgan fingerprint density at radius 3 is 0.872 bits per heavy atom. The van der Waals surface area contributed by atoms with Crippen LogP contribution in [0.15, 0.2) is 24.3 Å². The molecule has 0 spiro atoms. The average Bonchev–Trinajstić information content (AvgIpc) is 2.29. The molecule has 0 aromatic carbocycles. The smallest absolute Gasteiger partial charge is 0.462 e. The molecule has 554 valence electrons. The van der Waals surface area contributed by atoms with Gasteiger partial charge in [-0.15, -0.1) is 0 Å². The Labute approximate surface area is 573 Å². The summed E-state index contributed by atoms with van der Waals surface area (Å²) in [4.78, 5) is 72.5. The summed E-state index contributed by atoms with van der Waals surface area (Å²) in [6.45, 7) is 7.16. The molecule has 3 N–H and O–H groups in total. The minimum Gasteiger partial charge on any atom is -0.462 e. The van der Waals surface area contributed by atoms with Crippen LogP contribution in [0.1, 0.15) is 369 Å². The molecule has 0 rings (SSSR count). The van der Waals surface area contributed by atoms with Crippen molar-refractivity contribution in [1.82, 2.24) is 0 Å². The molecular formula is C75H142O17P2. The van der Waals surface area contributed by atoms with E-state index in [4.69, 9.17) is 37.0 Å². The molecule has 94 heavy (non-hydrogen) atoms. The Bertz CT molecular complexity index is 1900. The first-order valence-electron chi connectivity index (χ1n) is 38.5. The van der Waals surface area contributed by atoms with Crippen LogP contribution in [0, 0.1) is 5.92 Å². The number of hydrogen-bond donors (Lipinski definition) is 3. The molecule has 2 unspecified atom stereocenters. The SMILES string of the molecule is CCCCCC/C=C\C=C/CCCCCCCC(=O)O[C@H](COC(=O)CCCCCCC)COP(=O)(O)OC[C@H](O)COP(=O)(O)OC[C@@H](COC(=O)CCCCCCCCCCCCCCCCCC)OC(=O)CCCCCCCCCCCCCCCCCC(C)C. The first-order valence-corrected chi connectivity index (χ1v) is 41.4. The molecule has 0 bridgehead atoms. The number of phosphoric acid groups is 2. The Kier molecular flexibility index (Phi) is 65.9. The maximum Gasteiger partial charge on any atom is 0.472 e. The van der Waals surface area contributed by atoms with Gasteiger partial charge in [0.1, 0.15) is 19.3 Å². The van der Waals surface area contributed by atoms with Gasteiger partial charge in [-0.1, -0.05) is 316 Å². The highest BCUT2D eigenvalue weighted by atomic mass is 31.2. The summed E-state index contributed by atoms with van der Waals surface area (Å²) in [6.07, 6.45) is 59.5. The number of carbonyl (C=O) groups is 4. The molecule has 0 amide bonds. The largest absolute Gasteiger partial charge is 0.472 e. The molecule has 0 saturated heterocycles. The van der Waals surface area contributed by atoms with Crippen molar-refractivity contribution in [2.45, 2.75) is 387 Å². The lowest BCUT2D eigenvalue weighted by Gasteiger charge is -2.21. The molecule has 0 heterocycles. The van der Waals surface area contributed by atoms with Crippen molar-refractivity contribution in [1.29, 1.82) is 0 Å². The van der Waals surface area contributed by atoms with Crippen LogP contribution < -0.4 is 0 Å². The van der Waals surface area contributed by atoms with Gasteiger partial charge in [0.15, 0.2) is 12.2 Å². The lowest BCUT2D eigenvalue weighted by molar-refractivity contribution is -0.161. The second-order valence-corrected chi connectivity index (χ2v) is 29.7. The van der Waals surface area contributed by atoms with E-state index in [1.54, 1.807) is 0 Å². The first-order chi connectivity index (χ1) is 45.5. The van der Waals surface area contributed by atoms with Crippen LogP contribution in [0.2, 0.25) is 0 Å². The van der Waals surface area contributed by atoms with Crippen molar-refractivity contribution >= 4 is 39.5 Å². The highest BCUT2D eigenvalue weighted by Gasteiger charge is 2.30. The van der Waals surface area contributed by atoms with Gasteiger partial charge in [-0.05, 0) is 57.3 Å². The highest BCUT2D eigenvalue weighted by molar-refractivity contribution is 7.47. The molecule has 0 radical (unpaired) electrons. The third-order valence-electron chi connectivity index (χ3n) is 16.9. The van der Waals surface area contributed by atoms with Crippen LogP contribution in [-0.4, -0.2) is 96.7 Å². The van der Waals surface area contributed by atoms with Crippen molar-refractivity contribution in [3.8, 4) is 0 Å². The van der Waals surface area contributed by atoms with Crippen molar-refractivity contribution in [2.75, 3.05) is 39.6 Å². The maximum atomic E-state index is 13.1. The van der Waals surface area contributed by atoms with E-state index in [1.807, 2.05) is 0 Å². The molecule has 0 aromatic rings. The zero-order chi connectivity index (χ0) is 69.1. The zero-order valence-corrected chi connectivity index (χ0v) is 62.4. The molecule has 0 saturated carbocycles. The van der Waals surface area contributed by atoms with Gasteiger partial charge in [0.25, 0.3) is 0 Å². The number of allylic oxidation sites excluding steroid dienone is 4. The number of aliphatic hydroxyl groups is 1. The predicted molar refractivity (Wildman–Crippen MR) is 381 cm³/mol. The van der Waals surface area contributed by atoms with Gasteiger partial charge < -0.3 is 33.8 Å². The fraction of sp³-hybridized carbons (Fsp3) is 0.893. The van der Waals surface area contributed by atoms with E-state index in [0.29, 0.717) is 25.7 Å². The highest BCUT2D eigenvalue weighted by Crippen LogP contribution is 2.45. The summed E-state index contributed by atoms with van der Waals surface area (Å²) < 4.78 is 68.2. The van der Waals surface area contributed by atoms with Crippen LogP contribution in [0.5, 0.6) is 0 Å². The molecule has 5 atom stereocenters. The van der Waals surface area contributed by atoms with Gasteiger partial charge >= 0.3 is 39.5 Å². The van der Waals surface area contributed by atoms with Crippen LogP contribution in [0.3, 0.4) is 0 Å². The van der Waals surface area contributed by atoms with Gasteiger partial charge in [-0.25, -0.2) is 9.13 Å². The number of phosphoric ester groups is 2. The number of carbonyl (C=O) groups excluding carboxylic acids is 4. The van der Waals surface area contributed by atoms with E-state index >= 15 is 0 Å². The van der Waals surface area contributed by atoms with E-state index < -0.39 is 97.5 Å². The van der Waals surface area contributed by atoms with Gasteiger partial charge in [0, 0.05) is 25.7 Å². The minimum absolute atomic E-state index is 0.0843. The Hall–Kier alpha value is -2.46.